The molecule has 1 unspecified atom stereocenters. The van der Waals surface area contributed by atoms with Crippen LogP contribution >= 0.6 is 0 Å². The molecule has 0 N–H and O–H groups in total. The molecule has 1 atom stereocenters. The molecule has 0 radical (unpaired) electrons. The predicted octanol–water partition coefficient (Wildman–Crippen LogP) is 1.82. The second-order valence-corrected chi connectivity index (χ2v) is 6.20. The van der Waals surface area contributed by atoms with E-state index < -0.39 is 0 Å². The van der Waals surface area contributed by atoms with Gasteiger partial charge in [-0.15, -0.1) is 0 Å². The Balaban J connectivity index is 1.71. The van der Waals surface area contributed by atoms with Crippen LogP contribution in [0.1, 0.15) is 27.6 Å². The summed E-state index contributed by atoms with van der Waals surface area (Å²) in [5, 5.41) is 0. The monoisotopic (exact) mass is 326 g/mol. The Kier molecular flexibility index (Phi) is 5.15. The number of nitrogens with zero attached hydrogens (tertiary/aromatic N) is 4. The predicted molar refractivity (Wildman–Crippen MR) is 89.7 cm³/mol. The summed E-state index contributed by atoms with van der Waals surface area (Å²) in [6, 6.07) is 5.54. The SMILES string of the molecule is Cc1cc(C)nc(CC2COCCN(C(=O)c3cccnc3)C2)n1. The molecule has 0 aromatic carbocycles. The van der Waals surface area contributed by atoms with Crippen LogP contribution in [-0.2, 0) is 11.2 Å². The maximum absolute atomic E-state index is 12.7. The highest BCUT2D eigenvalue weighted by Gasteiger charge is 2.24. The minimum absolute atomic E-state index is 0.0000545. The Bertz CT molecular complexity index is 685. The molecule has 3 rings (SSSR count). The molecule has 6 heteroatoms. The lowest BCUT2D eigenvalue weighted by Gasteiger charge is -2.23. The van der Waals surface area contributed by atoms with E-state index in [0.29, 0.717) is 38.3 Å². The van der Waals surface area contributed by atoms with Crippen LogP contribution < -0.4 is 0 Å². The standard InChI is InChI=1S/C18H22N4O2/c1-13-8-14(2)21-17(20-13)9-15-11-22(6-7-24-12-15)18(23)16-4-3-5-19-10-16/h3-5,8,10,15H,6-7,9,11-12H2,1-2H3. The van der Waals surface area contributed by atoms with Gasteiger partial charge in [0.05, 0.1) is 18.8 Å². The number of aryl methyl sites for hydroxylation is 2. The molecule has 2 aromatic heterocycles. The maximum atomic E-state index is 12.7. The highest BCUT2D eigenvalue weighted by Crippen LogP contribution is 2.15. The van der Waals surface area contributed by atoms with E-state index in [2.05, 4.69) is 15.0 Å². The van der Waals surface area contributed by atoms with Gasteiger partial charge in [0, 0.05) is 49.2 Å². The highest BCUT2D eigenvalue weighted by atomic mass is 16.5. The first-order chi connectivity index (χ1) is 11.6. The van der Waals surface area contributed by atoms with Crippen LogP contribution in [0.15, 0.2) is 30.6 Å². The van der Waals surface area contributed by atoms with Gasteiger partial charge in [-0.3, -0.25) is 9.78 Å². The number of hydrogen-bond donors (Lipinski definition) is 0. The lowest BCUT2D eigenvalue weighted by molar-refractivity contribution is 0.0736. The fourth-order valence-corrected chi connectivity index (χ4v) is 3.01. The van der Waals surface area contributed by atoms with Crippen LogP contribution in [0.3, 0.4) is 0 Å². The average Bonchev–Trinajstić information content (AvgIpc) is 2.79. The quantitative estimate of drug-likeness (QED) is 0.860. The molecule has 126 valence electrons. The van der Waals surface area contributed by atoms with Gasteiger partial charge in [-0.2, -0.15) is 0 Å². The molecule has 3 heterocycles. The molecule has 1 amide bonds. The van der Waals surface area contributed by atoms with Crippen LogP contribution in [0.25, 0.3) is 0 Å². The first-order valence-electron chi connectivity index (χ1n) is 8.20. The molecule has 1 aliphatic heterocycles. The lowest BCUT2D eigenvalue weighted by Crippen LogP contribution is -2.36. The average molecular weight is 326 g/mol. The van der Waals surface area contributed by atoms with Crippen molar-refractivity contribution in [3.63, 3.8) is 0 Å². The second kappa shape index (κ2) is 7.49. The molecular weight excluding hydrogens is 304 g/mol. The highest BCUT2D eigenvalue weighted by molar-refractivity contribution is 5.93. The van der Waals surface area contributed by atoms with E-state index in [0.717, 1.165) is 17.2 Å². The van der Waals surface area contributed by atoms with E-state index in [4.69, 9.17) is 4.74 Å². The van der Waals surface area contributed by atoms with E-state index in [1.165, 1.54) is 0 Å². The van der Waals surface area contributed by atoms with Gasteiger partial charge < -0.3 is 9.64 Å². The molecule has 6 nitrogen and oxygen atoms in total. The Morgan fingerprint density at radius 2 is 2.12 bits per heavy atom. The number of aromatic nitrogens is 3. The van der Waals surface area contributed by atoms with E-state index in [-0.39, 0.29) is 11.8 Å². The summed E-state index contributed by atoms with van der Waals surface area (Å²) in [5.41, 5.74) is 2.55. The third kappa shape index (κ3) is 4.14. The molecule has 0 aliphatic carbocycles. The van der Waals surface area contributed by atoms with Gasteiger partial charge >= 0.3 is 0 Å². The summed E-state index contributed by atoms with van der Waals surface area (Å²) in [7, 11) is 0. The summed E-state index contributed by atoms with van der Waals surface area (Å²) in [6.45, 7) is 6.35. The zero-order valence-electron chi connectivity index (χ0n) is 14.1. The normalized spacial score (nSPS) is 18.2. The number of ether oxygens (including phenoxy) is 1. The van der Waals surface area contributed by atoms with Crippen LogP contribution in [0.5, 0.6) is 0 Å². The molecule has 0 bridgehead atoms. The smallest absolute Gasteiger partial charge is 0.255 e. The largest absolute Gasteiger partial charge is 0.379 e. The van der Waals surface area contributed by atoms with Crippen LogP contribution in [0, 0.1) is 19.8 Å². The van der Waals surface area contributed by atoms with Crippen molar-refractivity contribution in [3.05, 3.63) is 53.4 Å². The molecular formula is C18H22N4O2. The summed E-state index contributed by atoms with van der Waals surface area (Å²) < 4.78 is 5.69. The summed E-state index contributed by atoms with van der Waals surface area (Å²) >= 11 is 0. The number of carbonyl (C=O) groups is 1. The van der Waals surface area contributed by atoms with Crippen molar-refractivity contribution < 1.29 is 9.53 Å². The second-order valence-electron chi connectivity index (χ2n) is 6.20. The number of carbonyl (C=O) groups excluding carboxylic acids is 1. The first-order valence-corrected chi connectivity index (χ1v) is 8.20. The maximum Gasteiger partial charge on any atom is 0.255 e. The summed E-state index contributed by atoms with van der Waals surface area (Å²) in [4.78, 5) is 27.5. The number of amides is 1. The van der Waals surface area contributed by atoms with Gasteiger partial charge in [0.1, 0.15) is 5.82 Å². The minimum atomic E-state index is -0.0000545. The topological polar surface area (TPSA) is 68.2 Å². The van der Waals surface area contributed by atoms with E-state index in [1.807, 2.05) is 24.8 Å². The van der Waals surface area contributed by atoms with Crippen molar-refractivity contribution in [3.8, 4) is 0 Å². The van der Waals surface area contributed by atoms with Crippen molar-refractivity contribution in [2.45, 2.75) is 20.3 Å². The van der Waals surface area contributed by atoms with Crippen LogP contribution in [-0.4, -0.2) is 52.1 Å². The zero-order valence-corrected chi connectivity index (χ0v) is 14.1. The van der Waals surface area contributed by atoms with Crippen molar-refractivity contribution in [2.75, 3.05) is 26.3 Å². The molecule has 0 spiro atoms. The Hall–Kier alpha value is -2.34. The molecule has 1 fully saturated rings. The van der Waals surface area contributed by atoms with E-state index >= 15 is 0 Å². The molecule has 1 aliphatic rings. The van der Waals surface area contributed by atoms with E-state index in [1.54, 1.807) is 24.5 Å². The lowest BCUT2D eigenvalue weighted by atomic mass is 10.0. The molecule has 1 saturated heterocycles. The Morgan fingerprint density at radius 3 is 2.83 bits per heavy atom. The first kappa shape index (κ1) is 16.5. The number of hydrogen-bond acceptors (Lipinski definition) is 5. The van der Waals surface area contributed by atoms with Crippen molar-refractivity contribution >= 4 is 5.91 Å². The number of pyridine rings is 1. The third-order valence-electron chi connectivity index (χ3n) is 4.03. The van der Waals surface area contributed by atoms with Crippen LogP contribution in [0.4, 0.5) is 0 Å². The van der Waals surface area contributed by atoms with Gasteiger partial charge in [-0.25, -0.2) is 9.97 Å². The van der Waals surface area contributed by atoms with E-state index in [9.17, 15) is 4.79 Å². The number of rotatable bonds is 3. The van der Waals surface area contributed by atoms with Gasteiger partial charge in [0.25, 0.3) is 5.91 Å². The van der Waals surface area contributed by atoms with Crippen molar-refractivity contribution in [1.82, 2.24) is 19.9 Å². The van der Waals surface area contributed by atoms with Gasteiger partial charge in [0.15, 0.2) is 0 Å². The zero-order chi connectivity index (χ0) is 16.9. The molecule has 0 saturated carbocycles. The van der Waals surface area contributed by atoms with Crippen molar-refractivity contribution in [2.24, 2.45) is 5.92 Å². The summed E-state index contributed by atoms with van der Waals surface area (Å²) in [5.74, 6) is 1.01. The minimum Gasteiger partial charge on any atom is -0.379 e. The van der Waals surface area contributed by atoms with Crippen LogP contribution in [0.2, 0.25) is 0 Å². The fourth-order valence-electron chi connectivity index (χ4n) is 3.01. The fraction of sp³-hybridized carbons (Fsp3) is 0.444. The van der Waals surface area contributed by atoms with Gasteiger partial charge in [-0.1, -0.05) is 0 Å². The van der Waals surface area contributed by atoms with Crippen molar-refractivity contribution in [1.29, 1.82) is 0 Å². The third-order valence-corrected chi connectivity index (χ3v) is 4.03. The van der Waals surface area contributed by atoms with Gasteiger partial charge in [-0.05, 0) is 32.0 Å². The summed E-state index contributed by atoms with van der Waals surface area (Å²) in [6.07, 6.45) is 3.98. The Morgan fingerprint density at radius 1 is 1.33 bits per heavy atom. The van der Waals surface area contributed by atoms with Gasteiger partial charge in [0.2, 0.25) is 0 Å². The Labute approximate surface area is 141 Å². The molecule has 2 aromatic rings. The molecule has 24 heavy (non-hydrogen) atoms.